The summed E-state index contributed by atoms with van der Waals surface area (Å²) in [5.74, 6) is -0.266. The molecule has 2 rings (SSSR count). The number of benzene rings is 1. The van der Waals surface area contributed by atoms with Crippen molar-refractivity contribution in [2.75, 3.05) is 0 Å². The number of rotatable bonds is 2. The molecule has 0 amide bonds. The molecule has 1 heterocycles. The lowest BCUT2D eigenvalue weighted by molar-refractivity contribution is -0.129. The minimum absolute atomic E-state index is 0.103. The summed E-state index contributed by atoms with van der Waals surface area (Å²) < 4.78 is 4.96. The van der Waals surface area contributed by atoms with Crippen molar-refractivity contribution < 1.29 is 9.53 Å². The van der Waals surface area contributed by atoms with Gasteiger partial charge in [0.2, 0.25) is 5.90 Å². The van der Waals surface area contributed by atoms with E-state index in [1.807, 2.05) is 26.0 Å². The van der Waals surface area contributed by atoms with Gasteiger partial charge >= 0.3 is 5.97 Å². The number of cyclic esters (lactones) is 1. The Morgan fingerprint density at radius 1 is 1.33 bits per heavy atom. The molecule has 0 saturated heterocycles. The average Bonchev–Trinajstić information content (AvgIpc) is 2.70. The predicted molar refractivity (Wildman–Crippen MR) is 66.9 cm³/mol. The number of carbonyl (C=O) groups excluding carboxylic acids is 1. The maximum atomic E-state index is 11.2. The third kappa shape index (κ3) is 2.03. The van der Waals surface area contributed by atoms with Crippen molar-refractivity contribution in [2.45, 2.75) is 19.3 Å². The molecule has 90 valence electrons. The van der Waals surface area contributed by atoms with E-state index in [1.165, 1.54) is 0 Å². The molecule has 0 spiro atoms. The first-order valence-corrected chi connectivity index (χ1v) is 5.46. The molecule has 0 N–H and O–H groups in total. The minimum Gasteiger partial charge on any atom is -0.402 e. The van der Waals surface area contributed by atoms with Crippen LogP contribution in [0.3, 0.4) is 0 Å². The molecule has 1 aromatic rings. The third-order valence-corrected chi connectivity index (χ3v) is 2.79. The molecule has 4 heteroatoms. The molecule has 18 heavy (non-hydrogen) atoms. The van der Waals surface area contributed by atoms with Crippen LogP contribution in [0.5, 0.6) is 0 Å². The lowest BCUT2D eigenvalue weighted by Crippen LogP contribution is -2.14. The number of hydrogen-bond donors (Lipinski definition) is 0. The van der Waals surface area contributed by atoms with Crippen molar-refractivity contribution in [3.05, 3.63) is 47.7 Å². The zero-order valence-electron chi connectivity index (χ0n) is 10.2. The van der Waals surface area contributed by atoms with Crippen molar-refractivity contribution in [1.82, 2.24) is 0 Å². The third-order valence-electron chi connectivity index (χ3n) is 2.79. The highest BCUT2D eigenvalue weighted by molar-refractivity contribution is 6.10. The second-order valence-electron chi connectivity index (χ2n) is 4.57. The number of hydrogen-bond acceptors (Lipinski definition) is 4. The second-order valence-corrected chi connectivity index (χ2v) is 4.57. The lowest BCUT2D eigenvalue weighted by Gasteiger charge is -2.15. The lowest BCUT2D eigenvalue weighted by atomic mass is 9.86. The molecular formula is C14H12N2O2. The van der Waals surface area contributed by atoms with Crippen molar-refractivity contribution in [2.24, 2.45) is 4.99 Å². The molecule has 1 aromatic carbocycles. The molecule has 0 saturated carbocycles. The van der Waals surface area contributed by atoms with Crippen molar-refractivity contribution in [3.63, 3.8) is 0 Å². The predicted octanol–water partition coefficient (Wildman–Crippen LogP) is 2.30. The van der Waals surface area contributed by atoms with Crippen molar-refractivity contribution >= 4 is 11.9 Å². The summed E-state index contributed by atoms with van der Waals surface area (Å²) in [6.07, 6.45) is 0. The van der Waals surface area contributed by atoms with E-state index >= 15 is 0 Å². The number of nitriles is 1. The molecule has 1 aliphatic heterocycles. The SMILES string of the molecule is C=C1N=C(c2ccc(C(C)(C)C#N)cc2)OC1=O. The number of carbonyl (C=O) groups is 1. The number of nitrogens with zero attached hydrogens (tertiary/aromatic N) is 2. The summed E-state index contributed by atoms with van der Waals surface area (Å²) in [5, 5.41) is 9.04. The molecule has 0 atom stereocenters. The summed E-state index contributed by atoms with van der Waals surface area (Å²) in [4.78, 5) is 15.1. The van der Waals surface area contributed by atoms with Gasteiger partial charge in [-0.2, -0.15) is 5.26 Å². The van der Waals surface area contributed by atoms with Gasteiger partial charge in [0.25, 0.3) is 0 Å². The standard InChI is InChI=1S/C14H12N2O2/c1-9-13(17)18-12(16-9)10-4-6-11(7-5-10)14(2,3)8-15/h4-7H,1H2,2-3H3. The van der Waals surface area contributed by atoms with Crippen LogP contribution in [0.2, 0.25) is 0 Å². The molecule has 0 aromatic heterocycles. The van der Waals surface area contributed by atoms with E-state index in [1.54, 1.807) is 12.1 Å². The highest BCUT2D eigenvalue weighted by Gasteiger charge is 2.23. The second kappa shape index (κ2) is 4.11. The van der Waals surface area contributed by atoms with E-state index in [4.69, 9.17) is 10.00 Å². The van der Waals surface area contributed by atoms with E-state index in [-0.39, 0.29) is 11.6 Å². The Morgan fingerprint density at radius 3 is 2.39 bits per heavy atom. The zero-order valence-corrected chi connectivity index (χ0v) is 10.2. The van der Waals surface area contributed by atoms with E-state index in [9.17, 15) is 4.79 Å². The Kier molecular flexibility index (Phi) is 2.76. The smallest absolute Gasteiger partial charge is 0.363 e. The van der Waals surface area contributed by atoms with Crippen LogP contribution in [0.25, 0.3) is 0 Å². The largest absolute Gasteiger partial charge is 0.402 e. The Balaban J connectivity index is 2.30. The normalized spacial score (nSPS) is 15.1. The number of esters is 1. The topological polar surface area (TPSA) is 62.4 Å². The van der Waals surface area contributed by atoms with Crippen LogP contribution in [-0.2, 0) is 14.9 Å². The van der Waals surface area contributed by atoms with Gasteiger partial charge in [0.05, 0.1) is 11.5 Å². The van der Waals surface area contributed by atoms with Crippen LogP contribution in [0, 0.1) is 11.3 Å². The first kappa shape index (κ1) is 12.1. The highest BCUT2D eigenvalue weighted by atomic mass is 16.6. The van der Waals surface area contributed by atoms with Crippen molar-refractivity contribution in [1.29, 1.82) is 5.26 Å². The van der Waals surface area contributed by atoms with E-state index < -0.39 is 11.4 Å². The molecule has 0 unspecified atom stereocenters. The van der Waals surface area contributed by atoms with Crippen LogP contribution in [0.1, 0.15) is 25.0 Å². The zero-order chi connectivity index (χ0) is 13.3. The van der Waals surface area contributed by atoms with Crippen LogP contribution in [-0.4, -0.2) is 11.9 Å². The summed E-state index contributed by atoms with van der Waals surface area (Å²) >= 11 is 0. The molecule has 0 radical (unpaired) electrons. The quantitative estimate of drug-likeness (QED) is 0.588. The molecule has 0 aliphatic carbocycles. The van der Waals surface area contributed by atoms with Gasteiger partial charge in [0, 0.05) is 5.56 Å². The summed E-state index contributed by atoms with van der Waals surface area (Å²) in [6.45, 7) is 7.16. The Hall–Kier alpha value is -2.41. The Morgan fingerprint density at radius 2 is 1.94 bits per heavy atom. The Labute approximate surface area is 105 Å². The fourth-order valence-corrected chi connectivity index (χ4v) is 1.56. The van der Waals surface area contributed by atoms with Gasteiger partial charge in [-0.25, -0.2) is 9.79 Å². The van der Waals surface area contributed by atoms with Gasteiger partial charge in [-0.15, -0.1) is 0 Å². The Bertz CT molecular complexity index is 589. The van der Waals surface area contributed by atoms with E-state index in [2.05, 4.69) is 17.6 Å². The first-order valence-electron chi connectivity index (χ1n) is 5.46. The molecule has 1 aliphatic rings. The summed E-state index contributed by atoms with van der Waals surface area (Å²) in [5.41, 5.74) is 1.15. The van der Waals surface area contributed by atoms with Gasteiger partial charge in [-0.05, 0) is 31.5 Å². The van der Waals surface area contributed by atoms with Gasteiger partial charge < -0.3 is 4.74 Å². The van der Waals surface area contributed by atoms with E-state index in [0.717, 1.165) is 5.56 Å². The minimum atomic E-state index is -0.545. The maximum absolute atomic E-state index is 11.2. The fraction of sp³-hybridized carbons (Fsp3) is 0.214. The van der Waals surface area contributed by atoms with E-state index in [0.29, 0.717) is 5.56 Å². The molecule has 4 nitrogen and oxygen atoms in total. The average molecular weight is 240 g/mol. The molecular weight excluding hydrogens is 228 g/mol. The fourth-order valence-electron chi connectivity index (χ4n) is 1.56. The van der Waals surface area contributed by atoms with Crippen molar-refractivity contribution in [3.8, 4) is 6.07 Å². The molecule has 0 fully saturated rings. The first-order chi connectivity index (χ1) is 8.44. The summed E-state index contributed by atoms with van der Waals surface area (Å²) in [7, 11) is 0. The highest BCUT2D eigenvalue weighted by Crippen LogP contribution is 2.23. The number of ether oxygens (including phenoxy) is 1. The number of aliphatic imine (C=N–C) groups is 1. The van der Waals surface area contributed by atoms with Gasteiger partial charge in [0.15, 0.2) is 0 Å². The monoisotopic (exact) mass is 240 g/mol. The van der Waals surface area contributed by atoms with Gasteiger partial charge in [-0.1, -0.05) is 18.7 Å². The van der Waals surface area contributed by atoms with Crippen LogP contribution < -0.4 is 0 Å². The maximum Gasteiger partial charge on any atom is 0.363 e. The van der Waals surface area contributed by atoms with Crippen LogP contribution in [0.4, 0.5) is 0 Å². The van der Waals surface area contributed by atoms with Gasteiger partial charge in [0.1, 0.15) is 5.70 Å². The molecule has 0 bridgehead atoms. The van der Waals surface area contributed by atoms with Crippen LogP contribution >= 0.6 is 0 Å². The van der Waals surface area contributed by atoms with Gasteiger partial charge in [-0.3, -0.25) is 0 Å². The van der Waals surface area contributed by atoms with Crippen LogP contribution in [0.15, 0.2) is 41.5 Å². The summed E-state index contributed by atoms with van der Waals surface area (Å²) in [6, 6.07) is 9.44.